The molecule has 6 heteroatoms. The van der Waals surface area contributed by atoms with E-state index in [-0.39, 0.29) is 0 Å². The van der Waals surface area contributed by atoms with Gasteiger partial charge in [-0.2, -0.15) is 0 Å². The van der Waals surface area contributed by atoms with Crippen LogP contribution in [0.15, 0.2) is 67.0 Å². The minimum Gasteiger partial charge on any atom is -0.316 e. The standard InChI is InChI=1S/C25H18F2N2OS/c26-20-7-2-8-21(27)23(20)29-25(30)22-13-17-5-1-4-15-9-10-16(12-19(15)24(17)31-22)18-6-3-11-28-14-18/h2-3,6-14H,1,4-5H2,(H,29,30). The molecule has 0 saturated heterocycles. The van der Waals surface area contributed by atoms with Crippen LogP contribution in [0.25, 0.3) is 21.6 Å². The Bertz CT molecular complexity index is 1260. The number of fused-ring (bicyclic) bond motifs is 3. The topological polar surface area (TPSA) is 42.0 Å². The maximum absolute atomic E-state index is 14.0. The van der Waals surface area contributed by atoms with Crippen molar-refractivity contribution in [1.82, 2.24) is 4.98 Å². The second kappa shape index (κ2) is 8.04. The molecule has 0 bridgehead atoms. The molecular formula is C25H18F2N2OS. The van der Waals surface area contributed by atoms with Crippen LogP contribution in [0.3, 0.4) is 0 Å². The molecule has 154 valence electrons. The third-order valence-corrected chi connectivity index (χ3v) is 6.69. The number of anilines is 1. The highest BCUT2D eigenvalue weighted by molar-refractivity contribution is 7.17. The number of hydrogen-bond donors (Lipinski definition) is 1. The summed E-state index contributed by atoms with van der Waals surface area (Å²) in [5.74, 6) is -2.09. The zero-order valence-corrected chi connectivity index (χ0v) is 17.3. The van der Waals surface area contributed by atoms with Crippen LogP contribution >= 0.6 is 11.3 Å². The van der Waals surface area contributed by atoms with Crippen molar-refractivity contribution in [2.75, 3.05) is 5.32 Å². The summed E-state index contributed by atoms with van der Waals surface area (Å²) in [6.07, 6.45) is 6.37. The number of aryl methyl sites for hydroxylation is 2. The van der Waals surface area contributed by atoms with Gasteiger partial charge in [0.1, 0.15) is 17.3 Å². The van der Waals surface area contributed by atoms with Gasteiger partial charge in [0.05, 0.1) is 4.88 Å². The molecule has 3 nitrogen and oxygen atoms in total. The van der Waals surface area contributed by atoms with E-state index in [1.54, 1.807) is 6.20 Å². The van der Waals surface area contributed by atoms with E-state index in [1.807, 2.05) is 24.4 Å². The quantitative estimate of drug-likeness (QED) is 0.402. The van der Waals surface area contributed by atoms with Crippen LogP contribution in [-0.2, 0) is 12.8 Å². The zero-order valence-electron chi connectivity index (χ0n) is 16.5. The number of rotatable bonds is 3. The summed E-state index contributed by atoms with van der Waals surface area (Å²) in [6, 6.07) is 15.7. The number of hydrogen-bond acceptors (Lipinski definition) is 3. The van der Waals surface area contributed by atoms with Crippen molar-refractivity contribution in [2.24, 2.45) is 0 Å². The van der Waals surface area contributed by atoms with Crippen LogP contribution in [0.5, 0.6) is 0 Å². The third kappa shape index (κ3) is 3.75. The number of carbonyl (C=O) groups excluding carboxylic acids is 1. The first-order chi connectivity index (χ1) is 15.1. The van der Waals surface area contributed by atoms with Gasteiger partial charge >= 0.3 is 0 Å². The number of carbonyl (C=O) groups is 1. The fourth-order valence-corrected chi connectivity index (χ4v) is 5.09. The summed E-state index contributed by atoms with van der Waals surface area (Å²) in [5, 5.41) is 2.39. The Kier molecular flexibility index (Phi) is 5.08. The molecule has 1 aliphatic rings. The zero-order chi connectivity index (χ0) is 21.4. The number of pyridine rings is 1. The second-order valence-corrected chi connectivity index (χ2v) is 8.54. The first kappa shape index (κ1) is 19.6. The first-order valence-electron chi connectivity index (χ1n) is 10.0. The summed E-state index contributed by atoms with van der Waals surface area (Å²) >= 11 is 1.36. The lowest BCUT2D eigenvalue weighted by molar-refractivity contribution is 0.102. The van der Waals surface area contributed by atoms with Crippen LogP contribution in [0.2, 0.25) is 0 Å². The Hall–Kier alpha value is -3.38. The van der Waals surface area contributed by atoms with Gasteiger partial charge in [0.2, 0.25) is 0 Å². The largest absolute Gasteiger partial charge is 0.316 e. The maximum atomic E-state index is 14.0. The van der Waals surface area contributed by atoms with Crippen LogP contribution < -0.4 is 5.32 Å². The van der Waals surface area contributed by atoms with Gasteiger partial charge in [-0.25, -0.2) is 8.78 Å². The highest BCUT2D eigenvalue weighted by atomic mass is 32.1. The fourth-order valence-electron chi connectivity index (χ4n) is 3.93. The maximum Gasteiger partial charge on any atom is 0.265 e. The van der Waals surface area contributed by atoms with Crippen molar-refractivity contribution >= 4 is 22.9 Å². The predicted octanol–water partition coefficient (Wildman–Crippen LogP) is 6.50. The molecular weight excluding hydrogens is 414 g/mol. The Morgan fingerprint density at radius 1 is 0.935 bits per heavy atom. The van der Waals surface area contributed by atoms with Gasteiger partial charge in [0, 0.05) is 22.8 Å². The minimum atomic E-state index is -0.794. The summed E-state index contributed by atoms with van der Waals surface area (Å²) in [5.41, 5.74) is 5.10. The van der Waals surface area contributed by atoms with Crippen LogP contribution in [0.4, 0.5) is 14.5 Å². The number of benzene rings is 2. The molecule has 1 amide bonds. The number of nitrogens with zero attached hydrogens (tertiary/aromatic N) is 1. The molecule has 0 saturated carbocycles. The molecule has 0 radical (unpaired) electrons. The molecule has 4 aromatic rings. The molecule has 1 aliphatic carbocycles. The van der Waals surface area contributed by atoms with E-state index in [4.69, 9.17) is 0 Å². The van der Waals surface area contributed by atoms with Crippen molar-refractivity contribution in [3.63, 3.8) is 0 Å². The van der Waals surface area contributed by atoms with Gasteiger partial charge < -0.3 is 5.32 Å². The first-order valence-corrected chi connectivity index (χ1v) is 10.8. The number of halogens is 2. The summed E-state index contributed by atoms with van der Waals surface area (Å²) in [7, 11) is 0. The number of aromatic nitrogens is 1. The van der Waals surface area contributed by atoms with Gasteiger partial charge in [-0.1, -0.05) is 24.3 Å². The Morgan fingerprint density at radius 2 is 1.74 bits per heavy atom. The normalized spacial score (nSPS) is 12.6. The van der Waals surface area contributed by atoms with Gasteiger partial charge in [0.15, 0.2) is 0 Å². The molecule has 2 aromatic carbocycles. The van der Waals surface area contributed by atoms with E-state index in [1.165, 1.54) is 23.0 Å². The molecule has 0 spiro atoms. The molecule has 2 aromatic heterocycles. The van der Waals surface area contributed by atoms with Gasteiger partial charge in [-0.05, 0) is 71.8 Å². The second-order valence-electron chi connectivity index (χ2n) is 7.48. The summed E-state index contributed by atoms with van der Waals surface area (Å²) in [4.78, 5) is 18.5. The summed E-state index contributed by atoms with van der Waals surface area (Å²) < 4.78 is 27.9. The van der Waals surface area contributed by atoms with Crippen molar-refractivity contribution in [3.05, 3.63) is 94.6 Å². The van der Waals surface area contributed by atoms with Crippen molar-refractivity contribution in [2.45, 2.75) is 19.3 Å². The number of amides is 1. The number of nitrogens with one attached hydrogen (secondary N) is 1. The lowest BCUT2D eigenvalue weighted by atomic mass is 9.98. The molecule has 0 fully saturated rings. The van der Waals surface area contributed by atoms with E-state index in [0.29, 0.717) is 4.88 Å². The molecule has 2 heterocycles. The van der Waals surface area contributed by atoms with Crippen molar-refractivity contribution < 1.29 is 13.6 Å². The average Bonchev–Trinajstić information content (AvgIpc) is 3.14. The van der Waals surface area contributed by atoms with Crippen LogP contribution in [0, 0.1) is 11.6 Å². The van der Waals surface area contributed by atoms with Crippen molar-refractivity contribution in [3.8, 4) is 21.6 Å². The third-order valence-electron chi connectivity index (χ3n) is 5.48. The molecule has 0 aliphatic heterocycles. The van der Waals surface area contributed by atoms with Gasteiger partial charge in [-0.15, -0.1) is 11.3 Å². The molecule has 0 unspecified atom stereocenters. The average molecular weight is 432 g/mol. The Balaban J connectivity index is 1.53. The molecule has 5 rings (SSSR count). The molecule has 31 heavy (non-hydrogen) atoms. The van der Waals surface area contributed by atoms with E-state index >= 15 is 0 Å². The number of thiophene rings is 1. The highest BCUT2D eigenvalue weighted by Crippen LogP contribution is 2.40. The molecule has 1 N–H and O–H groups in total. The van der Waals surface area contributed by atoms with Crippen LogP contribution in [-0.4, -0.2) is 10.9 Å². The van der Waals surface area contributed by atoms with E-state index in [9.17, 15) is 13.6 Å². The lowest BCUT2D eigenvalue weighted by Crippen LogP contribution is -2.12. The summed E-state index contributed by atoms with van der Waals surface area (Å²) in [6.45, 7) is 0. The monoisotopic (exact) mass is 432 g/mol. The highest BCUT2D eigenvalue weighted by Gasteiger charge is 2.22. The Morgan fingerprint density at radius 3 is 2.52 bits per heavy atom. The van der Waals surface area contributed by atoms with E-state index in [0.717, 1.165) is 58.5 Å². The molecule has 0 atom stereocenters. The predicted molar refractivity (Wildman–Crippen MR) is 119 cm³/mol. The smallest absolute Gasteiger partial charge is 0.265 e. The van der Waals surface area contributed by atoms with Gasteiger partial charge in [0.25, 0.3) is 5.91 Å². The fraction of sp³-hybridized carbons (Fsp3) is 0.120. The van der Waals surface area contributed by atoms with Crippen molar-refractivity contribution in [1.29, 1.82) is 0 Å². The lowest BCUT2D eigenvalue weighted by Gasteiger charge is -2.09. The van der Waals surface area contributed by atoms with E-state index < -0.39 is 23.2 Å². The van der Waals surface area contributed by atoms with Gasteiger partial charge in [-0.3, -0.25) is 9.78 Å². The Labute approximate surface area is 182 Å². The van der Waals surface area contributed by atoms with Crippen LogP contribution in [0.1, 0.15) is 27.2 Å². The van der Waals surface area contributed by atoms with E-state index in [2.05, 4.69) is 28.5 Å². The SMILES string of the molecule is O=C(Nc1c(F)cccc1F)c1cc2c(s1)-c1cc(-c3cccnc3)ccc1CCC2. The number of para-hydroxylation sites is 1. The minimum absolute atomic E-state index is 0.421.